The molecule has 6 rings (SSSR count). The van der Waals surface area contributed by atoms with Crippen LogP contribution in [-0.4, -0.2) is 77.7 Å². The van der Waals surface area contributed by atoms with Crippen LogP contribution in [0.2, 0.25) is 0 Å². The summed E-state index contributed by atoms with van der Waals surface area (Å²) in [4.78, 5) is 32.3. The third kappa shape index (κ3) is 7.78. The highest BCUT2D eigenvalue weighted by Crippen LogP contribution is 2.37. The molecule has 2 aromatic rings. The Morgan fingerprint density at radius 1 is 0.844 bits per heavy atom. The van der Waals surface area contributed by atoms with E-state index in [1.54, 1.807) is 12.1 Å². The summed E-state index contributed by atoms with van der Waals surface area (Å²) in [5.41, 5.74) is 2.12. The van der Waals surface area contributed by atoms with E-state index in [0.29, 0.717) is 35.9 Å². The molecule has 1 spiro atoms. The van der Waals surface area contributed by atoms with E-state index < -0.39 is 0 Å². The highest BCUT2D eigenvalue weighted by Gasteiger charge is 2.47. The number of nitrogens with zero attached hydrogens (tertiary/aromatic N) is 5. The van der Waals surface area contributed by atoms with E-state index in [9.17, 15) is 9.59 Å². The van der Waals surface area contributed by atoms with Crippen molar-refractivity contribution in [1.82, 2.24) is 14.7 Å². The lowest BCUT2D eigenvalue weighted by atomic mass is 9.80. The first-order valence-electron chi connectivity index (χ1n) is 16.5. The molecule has 0 bridgehead atoms. The maximum atomic E-state index is 13.1. The van der Waals surface area contributed by atoms with Crippen molar-refractivity contribution >= 4 is 12.0 Å². The fraction of sp³-hybridized carbons (Fsp3) is 0.556. The number of nitriles is 2. The Bertz CT molecular complexity index is 1410. The molecule has 0 atom stereocenters. The molecule has 9 nitrogen and oxygen atoms in total. The van der Waals surface area contributed by atoms with Crippen molar-refractivity contribution in [2.45, 2.75) is 76.0 Å². The Labute approximate surface area is 266 Å². The summed E-state index contributed by atoms with van der Waals surface area (Å²) in [6, 6.07) is 19.3. The van der Waals surface area contributed by atoms with E-state index in [1.165, 1.54) is 5.56 Å². The van der Waals surface area contributed by atoms with Crippen molar-refractivity contribution in [3.63, 3.8) is 0 Å². The molecule has 0 aromatic heterocycles. The van der Waals surface area contributed by atoms with Crippen LogP contribution in [0.4, 0.5) is 4.79 Å². The standard InChI is InChI=1S/C36H43N5O4/c37-22-28-3-7-30(8-4-28)24-39-19-15-36(16-20-39)26-41(35(43)45-36)25-31-5-1-27(2-6-31)21-34(42)40-17-13-33(14-18-40)44-32-11-9-29(23-38)10-12-32/h3-4,7-12,27,31,33H,1-2,5-6,13-21,24-26H2. The van der Waals surface area contributed by atoms with E-state index in [1.807, 2.05) is 46.2 Å². The zero-order valence-corrected chi connectivity index (χ0v) is 26.0. The number of carbonyl (C=O) groups is 2. The van der Waals surface area contributed by atoms with Gasteiger partial charge < -0.3 is 19.3 Å². The van der Waals surface area contributed by atoms with Crippen molar-refractivity contribution in [1.29, 1.82) is 10.5 Å². The summed E-state index contributed by atoms with van der Waals surface area (Å²) in [5, 5.41) is 18.0. The lowest BCUT2D eigenvalue weighted by molar-refractivity contribution is -0.134. The first-order chi connectivity index (χ1) is 21.9. The lowest BCUT2D eigenvalue weighted by Gasteiger charge is -2.37. The highest BCUT2D eigenvalue weighted by molar-refractivity contribution is 5.76. The molecular weight excluding hydrogens is 566 g/mol. The first-order valence-corrected chi connectivity index (χ1v) is 16.5. The van der Waals surface area contributed by atoms with E-state index in [-0.39, 0.29) is 23.7 Å². The van der Waals surface area contributed by atoms with Crippen molar-refractivity contribution in [2.24, 2.45) is 11.8 Å². The van der Waals surface area contributed by atoms with Gasteiger partial charge in [0.25, 0.3) is 0 Å². The Morgan fingerprint density at radius 3 is 2.07 bits per heavy atom. The van der Waals surface area contributed by atoms with Gasteiger partial charge in [0.15, 0.2) is 0 Å². The number of piperidine rings is 2. The fourth-order valence-electron chi connectivity index (χ4n) is 7.48. The van der Waals surface area contributed by atoms with Gasteiger partial charge in [-0.3, -0.25) is 9.69 Å². The van der Waals surface area contributed by atoms with Gasteiger partial charge in [0.2, 0.25) is 5.91 Å². The average molecular weight is 610 g/mol. The molecule has 1 saturated carbocycles. The van der Waals surface area contributed by atoms with Gasteiger partial charge in [-0.2, -0.15) is 10.5 Å². The molecule has 0 unspecified atom stereocenters. The zero-order chi connectivity index (χ0) is 31.2. The van der Waals surface area contributed by atoms with E-state index in [2.05, 4.69) is 17.0 Å². The summed E-state index contributed by atoms with van der Waals surface area (Å²) < 4.78 is 12.1. The summed E-state index contributed by atoms with van der Waals surface area (Å²) in [6.45, 7) is 5.51. The molecule has 3 aliphatic heterocycles. The molecule has 2 amide bonds. The number of benzene rings is 2. The largest absolute Gasteiger partial charge is 0.490 e. The maximum Gasteiger partial charge on any atom is 0.410 e. The molecule has 0 N–H and O–H groups in total. The number of rotatable bonds is 8. The molecule has 4 fully saturated rings. The van der Waals surface area contributed by atoms with E-state index >= 15 is 0 Å². The zero-order valence-electron chi connectivity index (χ0n) is 26.0. The molecule has 4 aliphatic rings. The third-order valence-corrected chi connectivity index (χ3v) is 10.3. The van der Waals surface area contributed by atoms with Gasteiger partial charge in [-0.1, -0.05) is 12.1 Å². The van der Waals surface area contributed by atoms with Crippen LogP contribution in [0, 0.1) is 34.5 Å². The SMILES string of the molecule is N#Cc1ccc(CN2CCC3(CC2)CN(CC2CCC(CC(=O)N4CCC(Oc5ccc(C#N)cc5)CC4)CC2)C(=O)O3)cc1. The molecule has 45 heavy (non-hydrogen) atoms. The van der Waals surface area contributed by atoms with E-state index in [4.69, 9.17) is 20.0 Å². The second-order valence-corrected chi connectivity index (χ2v) is 13.4. The summed E-state index contributed by atoms with van der Waals surface area (Å²) in [7, 11) is 0. The number of hydrogen-bond acceptors (Lipinski definition) is 7. The molecule has 3 heterocycles. The predicted octanol–water partition coefficient (Wildman–Crippen LogP) is 5.48. The number of likely N-dealkylation sites (tertiary alicyclic amines) is 2. The summed E-state index contributed by atoms with van der Waals surface area (Å²) in [6.07, 6.45) is 8.04. The van der Waals surface area contributed by atoms with Gasteiger partial charge >= 0.3 is 6.09 Å². The van der Waals surface area contributed by atoms with Crippen LogP contribution in [-0.2, 0) is 16.1 Å². The Morgan fingerprint density at radius 2 is 1.44 bits per heavy atom. The van der Waals surface area contributed by atoms with Crippen molar-refractivity contribution < 1.29 is 19.1 Å². The predicted molar refractivity (Wildman–Crippen MR) is 168 cm³/mol. The molecule has 0 radical (unpaired) electrons. The lowest BCUT2D eigenvalue weighted by Crippen LogP contribution is -2.46. The average Bonchev–Trinajstić information content (AvgIpc) is 3.37. The van der Waals surface area contributed by atoms with Gasteiger partial charge in [-0.15, -0.1) is 0 Å². The number of ether oxygens (including phenoxy) is 2. The second-order valence-electron chi connectivity index (χ2n) is 13.4. The van der Waals surface area contributed by atoms with E-state index in [0.717, 1.165) is 96.4 Å². The van der Waals surface area contributed by atoms with Crippen molar-refractivity contribution in [2.75, 3.05) is 39.3 Å². The van der Waals surface area contributed by atoms with Crippen LogP contribution >= 0.6 is 0 Å². The third-order valence-electron chi connectivity index (χ3n) is 10.3. The van der Waals surface area contributed by atoms with Gasteiger partial charge in [0.05, 0.1) is 29.8 Å². The minimum Gasteiger partial charge on any atom is -0.490 e. The van der Waals surface area contributed by atoms with Crippen LogP contribution in [0.15, 0.2) is 48.5 Å². The first kappa shape index (κ1) is 30.9. The van der Waals surface area contributed by atoms with Crippen LogP contribution in [0.3, 0.4) is 0 Å². The van der Waals surface area contributed by atoms with Crippen molar-refractivity contribution in [3.8, 4) is 17.9 Å². The molecule has 3 saturated heterocycles. The van der Waals surface area contributed by atoms with Gasteiger partial charge in [-0.05, 0) is 79.5 Å². The Kier molecular flexibility index (Phi) is 9.56. The number of amides is 2. The van der Waals surface area contributed by atoms with Gasteiger partial charge in [0, 0.05) is 71.4 Å². The minimum atomic E-state index is -0.373. The fourth-order valence-corrected chi connectivity index (χ4v) is 7.48. The molecule has 1 aliphatic carbocycles. The van der Waals surface area contributed by atoms with Crippen LogP contribution in [0.5, 0.6) is 5.75 Å². The van der Waals surface area contributed by atoms with Gasteiger partial charge in [-0.25, -0.2) is 4.79 Å². The number of hydrogen-bond donors (Lipinski definition) is 0. The minimum absolute atomic E-state index is 0.0929. The number of carbonyl (C=O) groups excluding carboxylic acids is 2. The Balaban J connectivity index is 0.882. The van der Waals surface area contributed by atoms with Crippen LogP contribution in [0.1, 0.15) is 74.5 Å². The smallest absolute Gasteiger partial charge is 0.410 e. The topological polar surface area (TPSA) is 110 Å². The van der Waals surface area contributed by atoms with Crippen LogP contribution in [0.25, 0.3) is 0 Å². The van der Waals surface area contributed by atoms with Crippen LogP contribution < -0.4 is 4.74 Å². The second kappa shape index (κ2) is 13.9. The molecule has 236 valence electrons. The normalized spacial score (nSPS) is 23.7. The van der Waals surface area contributed by atoms with Crippen molar-refractivity contribution in [3.05, 3.63) is 65.2 Å². The van der Waals surface area contributed by atoms with Gasteiger partial charge in [0.1, 0.15) is 17.5 Å². The molecule has 9 heteroatoms. The highest BCUT2D eigenvalue weighted by atomic mass is 16.6. The maximum absolute atomic E-state index is 13.1. The Hall–Kier alpha value is -4.08. The molecular formula is C36H43N5O4. The monoisotopic (exact) mass is 609 g/mol. The molecule has 2 aromatic carbocycles. The summed E-state index contributed by atoms with van der Waals surface area (Å²) >= 11 is 0. The quantitative estimate of drug-likeness (QED) is 0.390. The summed E-state index contributed by atoms with van der Waals surface area (Å²) in [5.74, 6) is 1.91.